The predicted molar refractivity (Wildman–Crippen MR) is 76.2 cm³/mol. The maximum atomic E-state index is 11.6. The Morgan fingerprint density at radius 3 is 3.05 bits per heavy atom. The number of rotatable bonds is 7. The van der Waals surface area contributed by atoms with Crippen molar-refractivity contribution in [1.29, 1.82) is 0 Å². The molecule has 1 aromatic carbocycles. The first kappa shape index (κ1) is 13.9. The monoisotopic (exact) mass is 274 g/mol. The van der Waals surface area contributed by atoms with Crippen molar-refractivity contribution < 1.29 is 9.53 Å². The van der Waals surface area contributed by atoms with Gasteiger partial charge in [-0.05, 0) is 18.2 Å². The number of carbonyl (C=O) groups is 1. The second-order valence-electron chi connectivity index (χ2n) is 4.29. The Hall–Kier alpha value is -2.50. The molecule has 0 saturated heterocycles. The van der Waals surface area contributed by atoms with Gasteiger partial charge in [-0.1, -0.05) is 6.07 Å². The summed E-state index contributed by atoms with van der Waals surface area (Å²) in [7, 11) is 0. The zero-order valence-corrected chi connectivity index (χ0v) is 11.2. The van der Waals surface area contributed by atoms with Gasteiger partial charge in [0.05, 0.1) is 6.54 Å². The molecule has 1 amide bonds. The fourth-order valence-electron chi connectivity index (χ4n) is 1.70. The number of ether oxygens (including phenoxy) is 1. The molecule has 0 aliphatic rings. The molecule has 0 atom stereocenters. The minimum Gasteiger partial charge on any atom is -0.492 e. The van der Waals surface area contributed by atoms with Crippen LogP contribution in [0.3, 0.4) is 0 Å². The molecule has 0 saturated carbocycles. The SMILES string of the molecule is Nc1cccc(OCCNC(=O)CCn2cccn2)c1. The van der Waals surface area contributed by atoms with Gasteiger partial charge in [0.1, 0.15) is 12.4 Å². The Morgan fingerprint density at radius 1 is 1.40 bits per heavy atom. The van der Waals surface area contributed by atoms with Crippen molar-refractivity contribution in [2.45, 2.75) is 13.0 Å². The van der Waals surface area contributed by atoms with E-state index in [2.05, 4.69) is 10.4 Å². The summed E-state index contributed by atoms with van der Waals surface area (Å²) >= 11 is 0. The molecule has 20 heavy (non-hydrogen) atoms. The molecule has 0 fully saturated rings. The highest BCUT2D eigenvalue weighted by Gasteiger charge is 2.01. The number of nitrogens with zero attached hydrogens (tertiary/aromatic N) is 2. The first-order valence-electron chi connectivity index (χ1n) is 6.46. The smallest absolute Gasteiger partial charge is 0.221 e. The average molecular weight is 274 g/mol. The molecule has 1 aromatic heterocycles. The van der Waals surface area contributed by atoms with E-state index in [0.717, 1.165) is 0 Å². The highest BCUT2D eigenvalue weighted by atomic mass is 16.5. The molecular formula is C14H18N4O2. The molecule has 0 bridgehead atoms. The Kier molecular flexibility index (Phi) is 5.00. The van der Waals surface area contributed by atoms with Crippen molar-refractivity contribution in [3.63, 3.8) is 0 Å². The first-order chi connectivity index (χ1) is 9.74. The Balaban J connectivity index is 1.59. The van der Waals surface area contributed by atoms with Gasteiger partial charge in [0, 0.05) is 37.1 Å². The summed E-state index contributed by atoms with van der Waals surface area (Å²) < 4.78 is 7.20. The van der Waals surface area contributed by atoms with E-state index in [-0.39, 0.29) is 5.91 Å². The summed E-state index contributed by atoms with van der Waals surface area (Å²) in [6.45, 7) is 1.46. The third kappa shape index (κ3) is 4.64. The minimum absolute atomic E-state index is 0.0170. The van der Waals surface area contributed by atoms with Crippen LogP contribution in [0.2, 0.25) is 0 Å². The minimum atomic E-state index is -0.0170. The van der Waals surface area contributed by atoms with Crippen LogP contribution in [0.15, 0.2) is 42.7 Å². The van der Waals surface area contributed by atoms with Gasteiger partial charge < -0.3 is 15.8 Å². The molecule has 1 heterocycles. The normalized spacial score (nSPS) is 10.2. The summed E-state index contributed by atoms with van der Waals surface area (Å²) in [6.07, 6.45) is 3.92. The number of nitrogens with one attached hydrogen (secondary N) is 1. The number of nitrogens with two attached hydrogens (primary N) is 1. The third-order valence-corrected chi connectivity index (χ3v) is 2.68. The fraction of sp³-hybridized carbons (Fsp3) is 0.286. The van der Waals surface area contributed by atoms with E-state index in [1.165, 1.54) is 0 Å². The van der Waals surface area contributed by atoms with Gasteiger partial charge in [0.15, 0.2) is 0 Å². The molecule has 0 radical (unpaired) electrons. The van der Waals surface area contributed by atoms with Crippen LogP contribution < -0.4 is 15.8 Å². The van der Waals surface area contributed by atoms with Gasteiger partial charge in [-0.2, -0.15) is 5.10 Å². The largest absolute Gasteiger partial charge is 0.492 e. The lowest BCUT2D eigenvalue weighted by Gasteiger charge is -2.08. The number of amides is 1. The van der Waals surface area contributed by atoms with Crippen LogP contribution >= 0.6 is 0 Å². The molecule has 0 aliphatic carbocycles. The molecular weight excluding hydrogens is 256 g/mol. The zero-order valence-electron chi connectivity index (χ0n) is 11.2. The van der Waals surface area contributed by atoms with Crippen LogP contribution in [-0.4, -0.2) is 28.8 Å². The average Bonchev–Trinajstić information content (AvgIpc) is 2.95. The van der Waals surface area contributed by atoms with Crippen LogP contribution in [0, 0.1) is 0 Å². The Labute approximate surface area is 117 Å². The maximum Gasteiger partial charge on any atom is 0.221 e. The van der Waals surface area contributed by atoms with E-state index >= 15 is 0 Å². The van der Waals surface area contributed by atoms with Crippen molar-refractivity contribution in [2.24, 2.45) is 0 Å². The molecule has 6 heteroatoms. The van der Waals surface area contributed by atoms with Crippen LogP contribution in [-0.2, 0) is 11.3 Å². The van der Waals surface area contributed by atoms with Gasteiger partial charge in [-0.15, -0.1) is 0 Å². The number of hydrogen-bond donors (Lipinski definition) is 2. The van der Waals surface area contributed by atoms with E-state index in [0.29, 0.717) is 37.6 Å². The predicted octanol–water partition coefficient (Wildman–Crippen LogP) is 1.05. The number of aryl methyl sites for hydroxylation is 1. The second kappa shape index (κ2) is 7.18. The molecule has 106 valence electrons. The van der Waals surface area contributed by atoms with Crippen molar-refractivity contribution in [3.8, 4) is 5.75 Å². The third-order valence-electron chi connectivity index (χ3n) is 2.68. The number of anilines is 1. The molecule has 0 spiro atoms. The van der Waals surface area contributed by atoms with Crippen LogP contribution in [0.25, 0.3) is 0 Å². The lowest BCUT2D eigenvalue weighted by molar-refractivity contribution is -0.121. The second-order valence-corrected chi connectivity index (χ2v) is 4.29. The summed E-state index contributed by atoms with van der Waals surface area (Å²) in [5, 5.41) is 6.83. The van der Waals surface area contributed by atoms with E-state index < -0.39 is 0 Å². The van der Waals surface area contributed by atoms with Crippen LogP contribution in [0.5, 0.6) is 5.75 Å². The van der Waals surface area contributed by atoms with Crippen molar-refractivity contribution in [2.75, 3.05) is 18.9 Å². The van der Waals surface area contributed by atoms with E-state index in [1.807, 2.05) is 24.4 Å². The molecule has 2 rings (SSSR count). The van der Waals surface area contributed by atoms with Crippen LogP contribution in [0.1, 0.15) is 6.42 Å². The molecule has 6 nitrogen and oxygen atoms in total. The highest BCUT2D eigenvalue weighted by molar-refractivity contribution is 5.75. The van der Waals surface area contributed by atoms with Crippen molar-refractivity contribution in [3.05, 3.63) is 42.7 Å². The van der Waals surface area contributed by atoms with Gasteiger partial charge in [0.2, 0.25) is 5.91 Å². The molecule has 3 N–H and O–H groups in total. The summed E-state index contributed by atoms with van der Waals surface area (Å²) in [6, 6.07) is 9.03. The number of aromatic nitrogens is 2. The lowest BCUT2D eigenvalue weighted by Crippen LogP contribution is -2.28. The van der Waals surface area contributed by atoms with Gasteiger partial charge >= 0.3 is 0 Å². The number of hydrogen-bond acceptors (Lipinski definition) is 4. The van der Waals surface area contributed by atoms with E-state index in [4.69, 9.17) is 10.5 Å². The Bertz CT molecular complexity index is 540. The summed E-state index contributed by atoms with van der Waals surface area (Å²) in [5.74, 6) is 0.687. The molecule has 0 aliphatic heterocycles. The van der Waals surface area contributed by atoms with E-state index in [9.17, 15) is 4.79 Å². The number of benzene rings is 1. The number of carbonyl (C=O) groups excluding carboxylic acids is 1. The topological polar surface area (TPSA) is 82.2 Å². The van der Waals surface area contributed by atoms with E-state index in [1.54, 1.807) is 23.0 Å². The fourth-order valence-corrected chi connectivity index (χ4v) is 1.70. The molecule has 0 unspecified atom stereocenters. The summed E-state index contributed by atoms with van der Waals surface area (Å²) in [4.78, 5) is 11.6. The number of nitrogen functional groups attached to an aromatic ring is 1. The summed E-state index contributed by atoms with van der Waals surface area (Å²) in [5.41, 5.74) is 6.30. The van der Waals surface area contributed by atoms with Crippen molar-refractivity contribution in [1.82, 2.24) is 15.1 Å². The standard InChI is InChI=1S/C14H18N4O2/c15-12-3-1-4-13(11-12)20-10-7-16-14(19)5-9-18-8-2-6-17-18/h1-4,6,8,11H,5,7,9-10,15H2,(H,16,19). The highest BCUT2D eigenvalue weighted by Crippen LogP contribution is 2.13. The van der Waals surface area contributed by atoms with Crippen molar-refractivity contribution >= 4 is 11.6 Å². The lowest BCUT2D eigenvalue weighted by atomic mass is 10.3. The molecule has 2 aromatic rings. The quantitative estimate of drug-likeness (QED) is 0.584. The van der Waals surface area contributed by atoms with Gasteiger partial charge in [0.25, 0.3) is 0 Å². The first-order valence-corrected chi connectivity index (χ1v) is 6.46. The van der Waals surface area contributed by atoms with Crippen LogP contribution in [0.4, 0.5) is 5.69 Å². The Morgan fingerprint density at radius 2 is 2.30 bits per heavy atom. The zero-order chi connectivity index (χ0) is 14.2. The van der Waals surface area contributed by atoms with Gasteiger partial charge in [-0.3, -0.25) is 9.48 Å². The maximum absolute atomic E-state index is 11.6. The van der Waals surface area contributed by atoms with Gasteiger partial charge in [-0.25, -0.2) is 0 Å².